The van der Waals surface area contributed by atoms with E-state index in [9.17, 15) is 14.2 Å². The van der Waals surface area contributed by atoms with Gasteiger partial charge in [0.05, 0.1) is 25.6 Å². The van der Waals surface area contributed by atoms with Crippen molar-refractivity contribution in [3.05, 3.63) is 52.6 Å². The van der Waals surface area contributed by atoms with Crippen LogP contribution in [0.5, 0.6) is 0 Å². The Kier molecular flexibility index (Phi) is 8.77. The first-order chi connectivity index (χ1) is 16.3. The number of rotatable bonds is 12. The predicted octanol–water partition coefficient (Wildman–Crippen LogP) is 2.62. The van der Waals surface area contributed by atoms with Gasteiger partial charge in [-0.15, -0.1) is 0 Å². The second-order valence-corrected chi connectivity index (χ2v) is 9.27. The summed E-state index contributed by atoms with van der Waals surface area (Å²) < 4.78 is 40.6. The summed E-state index contributed by atoms with van der Waals surface area (Å²) in [6.07, 6.45) is -0.326. The number of nitrogens with two attached hydrogens (primary N) is 1. The van der Waals surface area contributed by atoms with Crippen LogP contribution in [0.15, 0.2) is 41.5 Å². The highest BCUT2D eigenvalue weighted by Gasteiger charge is 2.26. The van der Waals surface area contributed by atoms with Crippen molar-refractivity contribution in [3.8, 4) is 0 Å². The Bertz CT molecular complexity index is 1200. The quantitative estimate of drug-likeness (QED) is 0.164. The molecule has 0 spiro atoms. The van der Waals surface area contributed by atoms with E-state index in [1.807, 2.05) is 18.2 Å². The predicted molar refractivity (Wildman–Crippen MR) is 121 cm³/mol. The van der Waals surface area contributed by atoms with Crippen molar-refractivity contribution in [3.63, 3.8) is 0 Å². The van der Waals surface area contributed by atoms with E-state index >= 15 is 0 Å². The smallest absolute Gasteiger partial charge is 0.432 e. The molecule has 0 saturated carbocycles. The zero-order valence-electron chi connectivity index (χ0n) is 18.7. The van der Waals surface area contributed by atoms with Gasteiger partial charge in [0, 0.05) is 6.54 Å². The van der Waals surface area contributed by atoms with Crippen LogP contribution in [0.2, 0.25) is 0 Å². The number of aromatic nitrogens is 4. The van der Waals surface area contributed by atoms with E-state index in [-0.39, 0.29) is 37.3 Å². The zero-order chi connectivity index (χ0) is 24.6. The van der Waals surface area contributed by atoms with Crippen LogP contribution in [0.1, 0.15) is 19.4 Å². The van der Waals surface area contributed by atoms with Gasteiger partial charge in [0.25, 0.3) is 5.56 Å². The molecule has 3 rings (SSSR count). The molecule has 3 N–H and O–H groups in total. The highest BCUT2D eigenvalue weighted by Crippen LogP contribution is 2.48. The number of carbonyl (C=O) groups is 1. The molecule has 13 nitrogen and oxygen atoms in total. The molecule has 1 unspecified atom stereocenters. The molecule has 2 heterocycles. The first-order valence-corrected chi connectivity index (χ1v) is 12.0. The number of nitrogens with one attached hydrogen (secondary N) is 1. The number of hydrogen-bond donors (Lipinski definition) is 2. The second-order valence-electron chi connectivity index (χ2n) is 7.28. The molecule has 0 bridgehead atoms. The van der Waals surface area contributed by atoms with Crippen molar-refractivity contribution < 1.29 is 32.6 Å². The third-order valence-corrected chi connectivity index (χ3v) is 5.77. The van der Waals surface area contributed by atoms with E-state index in [2.05, 4.69) is 15.0 Å². The van der Waals surface area contributed by atoms with Crippen molar-refractivity contribution in [2.24, 2.45) is 0 Å². The number of nitrogens with zero attached hydrogens (tertiary/aromatic N) is 3. The number of benzene rings is 1. The number of carbonyl (C=O) groups excluding carboxylic acids is 1. The standard InChI is InChI=1S/C20H26N5O8P/c1-14(2)33-20(27)30-12-32-34(28,31-10-15-6-4-3-5-7-15)13-29-9-8-25-11-22-16-17(25)23-19(21)24-18(16)26/h3-7,11,14H,8-10,12-13H2,1-2H3,(H3,21,23,24,26). The van der Waals surface area contributed by atoms with Gasteiger partial charge in [-0.05, 0) is 19.4 Å². The Morgan fingerprint density at radius 2 is 2.00 bits per heavy atom. The number of imidazole rings is 1. The summed E-state index contributed by atoms with van der Waals surface area (Å²) >= 11 is 0. The number of nitrogen functional groups attached to an aromatic ring is 1. The lowest BCUT2D eigenvalue weighted by atomic mass is 10.2. The van der Waals surface area contributed by atoms with E-state index in [0.717, 1.165) is 5.56 Å². The molecule has 0 radical (unpaired) electrons. The molecule has 14 heteroatoms. The maximum absolute atomic E-state index is 13.2. The van der Waals surface area contributed by atoms with Crippen LogP contribution in [-0.2, 0) is 41.0 Å². The van der Waals surface area contributed by atoms with Gasteiger partial charge in [0.15, 0.2) is 11.2 Å². The maximum atomic E-state index is 13.2. The molecule has 0 aliphatic rings. The molecule has 0 amide bonds. The average Bonchev–Trinajstić information content (AvgIpc) is 3.19. The normalized spacial score (nSPS) is 13.1. The molecule has 1 atom stereocenters. The molecule has 0 aliphatic carbocycles. The van der Waals surface area contributed by atoms with Gasteiger partial charge in [-0.25, -0.2) is 9.78 Å². The summed E-state index contributed by atoms with van der Waals surface area (Å²) in [5.74, 6) is -0.0385. The topological polar surface area (TPSA) is 170 Å². The third-order valence-electron chi connectivity index (χ3n) is 4.25. The Hall–Kier alpha value is -3.25. The summed E-state index contributed by atoms with van der Waals surface area (Å²) in [4.78, 5) is 33.8. The van der Waals surface area contributed by atoms with Crippen molar-refractivity contribution in [2.75, 3.05) is 25.5 Å². The van der Waals surface area contributed by atoms with E-state index < -0.39 is 32.5 Å². The molecule has 0 saturated heterocycles. The van der Waals surface area contributed by atoms with Gasteiger partial charge in [0.2, 0.25) is 12.7 Å². The van der Waals surface area contributed by atoms with Crippen LogP contribution in [0.25, 0.3) is 11.2 Å². The van der Waals surface area contributed by atoms with E-state index in [1.54, 1.807) is 30.5 Å². The maximum Gasteiger partial charge on any atom is 0.510 e. The number of fused-ring (bicyclic) bond motifs is 1. The molecule has 3 aromatic rings. The first-order valence-electron chi connectivity index (χ1n) is 10.3. The molecular weight excluding hydrogens is 469 g/mol. The average molecular weight is 495 g/mol. The number of ether oxygens (including phenoxy) is 3. The van der Waals surface area contributed by atoms with Crippen LogP contribution in [0.4, 0.5) is 10.7 Å². The van der Waals surface area contributed by atoms with Crippen LogP contribution in [-0.4, -0.2) is 51.5 Å². The summed E-state index contributed by atoms with van der Waals surface area (Å²) in [6.45, 7) is 2.98. The SMILES string of the molecule is CC(C)OC(=O)OCOP(=O)(COCCn1cnc2c(=O)[nH]c(N)nc21)OCc1ccccc1. The number of aromatic amines is 1. The molecule has 34 heavy (non-hydrogen) atoms. The largest absolute Gasteiger partial charge is 0.510 e. The fourth-order valence-corrected chi connectivity index (χ4v) is 3.85. The van der Waals surface area contributed by atoms with Crippen molar-refractivity contribution in [1.29, 1.82) is 0 Å². The molecule has 184 valence electrons. The Labute approximate surface area is 194 Å². The molecule has 2 aromatic heterocycles. The molecular formula is C20H26N5O8P. The van der Waals surface area contributed by atoms with Crippen LogP contribution < -0.4 is 11.3 Å². The second kappa shape index (κ2) is 11.7. The molecule has 1 aromatic carbocycles. The number of hydrogen-bond acceptors (Lipinski definition) is 11. The highest BCUT2D eigenvalue weighted by atomic mass is 31.2. The van der Waals surface area contributed by atoms with Crippen molar-refractivity contribution in [1.82, 2.24) is 19.5 Å². The van der Waals surface area contributed by atoms with Crippen LogP contribution in [0.3, 0.4) is 0 Å². The first kappa shape index (κ1) is 25.4. The van der Waals surface area contributed by atoms with Gasteiger partial charge in [-0.3, -0.25) is 18.9 Å². The minimum absolute atomic E-state index is 0.00392. The Morgan fingerprint density at radius 3 is 2.74 bits per heavy atom. The van der Waals surface area contributed by atoms with Gasteiger partial charge >= 0.3 is 13.8 Å². The summed E-state index contributed by atoms with van der Waals surface area (Å²) in [7, 11) is -3.82. The van der Waals surface area contributed by atoms with E-state index in [1.165, 1.54) is 6.33 Å². The Morgan fingerprint density at radius 1 is 1.24 bits per heavy atom. The van der Waals surface area contributed by atoms with Crippen LogP contribution >= 0.6 is 7.60 Å². The van der Waals surface area contributed by atoms with E-state index in [4.69, 9.17) is 29.0 Å². The van der Waals surface area contributed by atoms with Gasteiger partial charge in [-0.1, -0.05) is 30.3 Å². The lowest BCUT2D eigenvalue weighted by Gasteiger charge is -2.19. The zero-order valence-corrected chi connectivity index (χ0v) is 19.6. The summed E-state index contributed by atoms with van der Waals surface area (Å²) in [5, 5.41) is 0. The molecule has 0 fully saturated rings. The van der Waals surface area contributed by atoms with Crippen molar-refractivity contribution >= 4 is 30.9 Å². The molecule has 0 aliphatic heterocycles. The van der Waals surface area contributed by atoms with Gasteiger partial charge in [0.1, 0.15) is 6.35 Å². The summed E-state index contributed by atoms with van der Waals surface area (Å²) in [6, 6.07) is 9.06. The van der Waals surface area contributed by atoms with Crippen LogP contribution in [0, 0.1) is 0 Å². The van der Waals surface area contributed by atoms with Gasteiger partial charge < -0.3 is 29.0 Å². The summed E-state index contributed by atoms with van der Waals surface area (Å²) in [5.41, 5.74) is 6.33. The third kappa shape index (κ3) is 7.39. The fraction of sp³-hybridized carbons (Fsp3) is 0.400. The minimum atomic E-state index is -3.82. The lowest BCUT2D eigenvalue weighted by Crippen LogP contribution is -2.16. The Balaban J connectivity index is 1.57. The fourth-order valence-electron chi connectivity index (χ4n) is 2.71. The van der Waals surface area contributed by atoms with E-state index in [0.29, 0.717) is 5.65 Å². The number of anilines is 1. The van der Waals surface area contributed by atoms with Crippen molar-refractivity contribution in [2.45, 2.75) is 33.1 Å². The monoisotopic (exact) mass is 495 g/mol. The minimum Gasteiger partial charge on any atom is -0.432 e. The lowest BCUT2D eigenvalue weighted by molar-refractivity contribution is -0.0164. The van der Waals surface area contributed by atoms with Gasteiger partial charge in [-0.2, -0.15) is 4.98 Å². The highest BCUT2D eigenvalue weighted by molar-refractivity contribution is 7.53. The number of H-pyrrole nitrogens is 1.